The summed E-state index contributed by atoms with van der Waals surface area (Å²) in [7, 11) is 0. The van der Waals surface area contributed by atoms with Gasteiger partial charge in [-0.15, -0.1) is 0 Å². The van der Waals surface area contributed by atoms with Gasteiger partial charge in [-0.3, -0.25) is 0 Å². The Kier molecular flexibility index (Phi) is 4.43. The number of hydrogen-bond acceptors (Lipinski definition) is 4. The first-order valence-corrected chi connectivity index (χ1v) is 3.71. The zero-order valence-electron chi connectivity index (χ0n) is 5.73. The maximum absolute atomic E-state index is 9.00. The lowest BCUT2D eigenvalue weighted by atomic mass is 10.1. The molecule has 0 aliphatic rings. The third-order valence-corrected chi connectivity index (χ3v) is 1.65. The molecular formula is C5H10N2O2S2. The van der Waals surface area contributed by atoms with Crippen molar-refractivity contribution >= 4 is 34.4 Å². The molecule has 2 unspecified atom stereocenters. The van der Waals surface area contributed by atoms with Crippen molar-refractivity contribution in [3.63, 3.8) is 0 Å². The summed E-state index contributed by atoms with van der Waals surface area (Å²) in [5.74, 6) is 0. The summed E-state index contributed by atoms with van der Waals surface area (Å²) in [5, 5.41) is 18.0. The number of hydrogen-bond donors (Lipinski definition) is 4. The molecule has 0 rings (SSSR count). The molecule has 64 valence electrons. The zero-order valence-corrected chi connectivity index (χ0v) is 7.36. The lowest BCUT2D eigenvalue weighted by Crippen LogP contribution is -2.35. The van der Waals surface area contributed by atoms with Gasteiger partial charge >= 0.3 is 0 Å². The van der Waals surface area contributed by atoms with Gasteiger partial charge in [0, 0.05) is 6.42 Å². The minimum Gasteiger partial charge on any atom is -0.391 e. The van der Waals surface area contributed by atoms with Gasteiger partial charge in [0.25, 0.3) is 0 Å². The summed E-state index contributed by atoms with van der Waals surface area (Å²) in [6.07, 6.45) is -2.09. The second-order valence-electron chi connectivity index (χ2n) is 2.07. The van der Waals surface area contributed by atoms with Crippen LogP contribution in [-0.4, -0.2) is 32.4 Å². The van der Waals surface area contributed by atoms with Gasteiger partial charge in [0.2, 0.25) is 0 Å². The molecule has 0 bridgehead atoms. The molecule has 0 aromatic heterocycles. The van der Waals surface area contributed by atoms with Crippen LogP contribution in [0.2, 0.25) is 0 Å². The van der Waals surface area contributed by atoms with E-state index in [9.17, 15) is 0 Å². The van der Waals surface area contributed by atoms with E-state index in [0.29, 0.717) is 0 Å². The first-order valence-electron chi connectivity index (χ1n) is 2.90. The molecule has 0 saturated heterocycles. The van der Waals surface area contributed by atoms with Crippen molar-refractivity contribution in [3.05, 3.63) is 0 Å². The molecule has 2 atom stereocenters. The predicted molar refractivity (Wildman–Crippen MR) is 50.2 cm³/mol. The molecule has 11 heavy (non-hydrogen) atoms. The van der Waals surface area contributed by atoms with Gasteiger partial charge in [-0.2, -0.15) is 0 Å². The molecule has 0 fully saturated rings. The summed E-state index contributed by atoms with van der Waals surface area (Å²) in [6.45, 7) is 0. The topological polar surface area (TPSA) is 92.5 Å². The van der Waals surface area contributed by atoms with Gasteiger partial charge in [-0.05, 0) is 0 Å². The fourth-order valence-electron chi connectivity index (χ4n) is 0.444. The van der Waals surface area contributed by atoms with Gasteiger partial charge in [-0.1, -0.05) is 24.4 Å². The van der Waals surface area contributed by atoms with Crippen molar-refractivity contribution < 1.29 is 10.2 Å². The summed E-state index contributed by atoms with van der Waals surface area (Å²) < 4.78 is 0. The van der Waals surface area contributed by atoms with E-state index in [1.165, 1.54) is 0 Å². The molecular weight excluding hydrogens is 184 g/mol. The lowest BCUT2D eigenvalue weighted by molar-refractivity contribution is 0.155. The maximum atomic E-state index is 9.00. The monoisotopic (exact) mass is 194 g/mol. The summed E-state index contributed by atoms with van der Waals surface area (Å²) in [4.78, 5) is -0.138. The molecule has 0 aromatic carbocycles. The maximum Gasteiger partial charge on any atom is 0.107 e. The van der Waals surface area contributed by atoms with Crippen LogP contribution in [0.4, 0.5) is 0 Å². The van der Waals surface area contributed by atoms with Crippen LogP contribution in [-0.2, 0) is 0 Å². The molecule has 6 heteroatoms. The first kappa shape index (κ1) is 10.7. The van der Waals surface area contributed by atoms with Crippen molar-refractivity contribution in [2.75, 3.05) is 0 Å². The number of thiocarbonyl (C=S) groups is 2. The van der Waals surface area contributed by atoms with Gasteiger partial charge in [-0.25, -0.2) is 0 Å². The van der Waals surface area contributed by atoms with Crippen LogP contribution in [0.1, 0.15) is 6.42 Å². The van der Waals surface area contributed by atoms with Crippen LogP contribution in [0.25, 0.3) is 0 Å². The smallest absolute Gasteiger partial charge is 0.107 e. The molecule has 0 amide bonds. The number of nitrogens with two attached hydrogens (primary N) is 2. The molecule has 0 radical (unpaired) electrons. The largest absolute Gasteiger partial charge is 0.391 e. The third kappa shape index (κ3) is 4.20. The van der Waals surface area contributed by atoms with Crippen molar-refractivity contribution in [1.29, 1.82) is 0 Å². The standard InChI is InChI=1S/C5H10N2O2S2/c6-4(10)2(8)1-3(9)5(7)11/h2-3,8-9H,1H2,(H2,6,10)(H2,7,11). The SMILES string of the molecule is NC(=S)C(O)CC(O)C(N)=S. The second kappa shape index (κ2) is 4.55. The minimum atomic E-state index is -1.03. The average Bonchev–Trinajstić information content (AvgIpc) is 1.87. The van der Waals surface area contributed by atoms with E-state index in [-0.39, 0.29) is 16.4 Å². The highest BCUT2D eigenvalue weighted by Gasteiger charge is 2.15. The van der Waals surface area contributed by atoms with Crippen molar-refractivity contribution in [2.24, 2.45) is 11.5 Å². The summed E-state index contributed by atoms with van der Waals surface area (Å²) >= 11 is 8.91. The van der Waals surface area contributed by atoms with Crippen molar-refractivity contribution in [2.45, 2.75) is 18.6 Å². The van der Waals surface area contributed by atoms with Crippen LogP contribution in [0.3, 0.4) is 0 Å². The number of aliphatic hydroxyl groups excluding tert-OH is 2. The summed E-state index contributed by atoms with van der Waals surface area (Å²) in [6, 6.07) is 0. The molecule has 0 saturated carbocycles. The highest BCUT2D eigenvalue weighted by Crippen LogP contribution is 1.98. The van der Waals surface area contributed by atoms with E-state index in [1.807, 2.05) is 0 Å². The normalized spacial score (nSPS) is 15.5. The highest BCUT2D eigenvalue weighted by atomic mass is 32.1. The Morgan fingerprint density at radius 1 is 1.09 bits per heavy atom. The predicted octanol–water partition coefficient (Wildman–Crippen LogP) is -1.33. The lowest BCUT2D eigenvalue weighted by Gasteiger charge is -2.12. The molecule has 0 aromatic rings. The van der Waals surface area contributed by atoms with Crippen molar-refractivity contribution in [1.82, 2.24) is 0 Å². The molecule has 0 aliphatic carbocycles. The highest BCUT2D eigenvalue weighted by molar-refractivity contribution is 7.80. The van der Waals surface area contributed by atoms with E-state index in [2.05, 4.69) is 24.4 Å². The summed E-state index contributed by atoms with van der Waals surface area (Å²) in [5.41, 5.74) is 10.1. The molecule has 6 N–H and O–H groups in total. The molecule has 0 heterocycles. The second-order valence-corrected chi connectivity index (χ2v) is 3.01. The molecule has 0 aliphatic heterocycles. The van der Waals surface area contributed by atoms with Gasteiger partial charge < -0.3 is 21.7 Å². The van der Waals surface area contributed by atoms with Crippen LogP contribution in [0, 0.1) is 0 Å². The van der Waals surface area contributed by atoms with Crippen LogP contribution in [0.5, 0.6) is 0 Å². The van der Waals surface area contributed by atoms with E-state index >= 15 is 0 Å². The van der Waals surface area contributed by atoms with Crippen LogP contribution < -0.4 is 11.5 Å². The first-order chi connectivity index (χ1) is 4.95. The van der Waals surface area contributed by atoms with E-state index in [1.54, 1.807) is 0 Å². The molecule has 4 nitrogen and oxygen atoms in total. The Morgan fingerprint density at radius 2 is 1.36 bits per heavy atom. The minimum absolute atomic E-state index is 0.0370. The Hall–Kier alpha value is -0.300. The fourth-order valence-corrected chi connectivity index (χ4v) is 0.636. The molecule has 0 spiro atoms. The fraction of sp³-hybridized carbons (Fsp3) is 0.600. The van der Waals surface area contributed by atoms with E-state index in [4.69, 9.17) is 21.7 Å². The van der Waals surface area contributed by atoms with Crippen LogP contribution >= 0.6 is 24.4 Å². The Balaban J connectivity index is 3.84. The Labute approximate surface area is 75.2 Å². The Bertz CT molecular complexity index is 156. The number of rotatable bonds is 4. The van der Waals surface area contributed by atoms with E-state index < -0.39 is 12.2 Å². The van der Waals surface area contributed by atoms with E-state index in [0.717, 1.165) is 0 Å². The van der Waals surface area contributed by atoms with Crippen molar-refractivity contribution in [3.8, 4) is 0 Å². The quantitative estimate of drug-likeness (QED) is 0.414. The van der Waals surface area contributed by atoms with Crippen LogP contribution in [0.15, 0.2) is 0 Å². The van der Waals surface area contributed by atoms with Gasteiger partial charge in [0.15, 0.2) is 0 Å². The van der Waals surface area contributed by atoms with Gasteiger partial charge in [0.05, 0.1) is 0 Å². The Morgan fingerprint density at radius 3 is 1.55 bits per heavy atom. The zero-order chi connectivity index (χ0) is 9.02. The number of aliphatic hydroxyl groups is 2. The van der Waals surface area contributed by atoms with Gasteiger partial charge in [0.1, 0.15) is 22.2 Å². The average molecular weight is 194 g/mol. The third-order valence-electron chi connectivity index (χ3n) is 1.10.